The van der Waals surface area contributed by atoms with Crippen LogP contribution in [0.2, 0.25) is 0 Å². The van der Waals surface area contributed by atoms with Crippen molar-refractivity contribution < 1.29 is 45.1 Å². The molecule has 0 saturated carbocycles. The van der Waals surface area contributed by atoms with Gasteiger partial charge in [0, 0.05) is 30.6 Å². The van der Waals surface area contributed by atoms with Crippen LogP contribution in [0.25, 0.3) is 0 Å². The van der Waals surface area contributed by atoms with E-state index in [1.165, 1.54) is 24.0 Å². The van der Waals surface area contributed by atoms with E-state index in [4.69, 9.17) is 4.74 Å². The SMILES string of the molecule is Cc1ccc([C@@H]2CN(C(=O)OC(C)(C)C)CCC2NC(=O)c2cc(C(F)(F)F)cc(C(F)(F)F)c2)cc1F. The van der Waals surface area contributed by atoms with Crippen LogP contribution in [0.1, 0.15) is 65.7 Å². The molecular formula is C26H27F7N2O3. The largest absolute Gasteiger partial charge is 0.444 e. The molecule has 0 spiro atoms. The van der Waals surface area contributed by atoms with E-state index >= 15 is 0 Å². The Morgan fingerprint density at radius 2 is 1.53 bits per heavy atom. The van der Waals surface area contributed by atoms with Gasteiger partial charge in [-0.2, -0.15) is 26.3 Å². The van der Waals surface area contributed by atoms with Gasteiger partial charge in [0.2, 0.25) is 0 Å². The fourth-order valence-corrected chi connectivity index (χ4v) is 4.13. The normalized spacial score (nSPS) is 18.8. The fourth-order valence-electron chi connectivity index (χ4n) is 4.13. The van der Waals surface area contributed by atoms with Crippen molar-refractivity contribution in [1.82, 2.24) is 10.2 Å². The van der Waals surface area contributed by atoms with Crippen molar-refractivity contribution in [3.05, 3.63) is 70.0 Å². The number of nitrogens with zero attached hydrogens (tertiary/aromatic N) is 1. The molecule has 1 N–H and O–H groups in total. The van der Waals surface area contributed by atoms with Crippen LogP contribution in [0, 0.1) is 12.7 Å². The number of aryl methyl sites for hydroxylation is 1. The van der Waals surface area contributed by atoms with Crippen LogP contribution >= 0.6 is 0 Å². The van der Waals surface area contributed by atoms with Crippen LogP contribution in [0.15, 0.2) is 36.4 Å². The lowest BCUT2D eigenvalue weighted by molar-refractivity contribution is -0.143. The summed E-state index contributed by atoms with van der Waals surface area (Å²) in [6.07, 6.45) is -10.8. The number of likely N-dealkylation sites (tertiary alicyclic amines) is 1. The minimum absolute atomic E-state index is 0.0290. The minimum Gasteiger partial charge on any atom is -0.444 e. The Bertz CT molecular complexity index is 1170. The minimum atomic E-state index is -5.11. The standard InChI is InChI=1S/C26H27F7N2O3/c1-14-5-6-15(11-20(14)27)19-13-35(23(37)38-24(2,3)4)8-7-21(19)34-22(36)16-9-17(25(28,29)30)12-18(10-16)26(31,32)33/h5-6,9-12,19,21H,7-8,13H2,1-4H3,(H,34,36)/t19-,21?/m0/s1. The number of carbonyl (C=O) groups is 2. The first-order valence-electron chi connectivity index (χ1n) is 11.7. The molecule has 2 amide bonds. The molecule has 5 nitrogen and oxygen atoms in total. The van der Waals surface area contributed by atoms with E-state index < -0.39 is 64.4 Å². The van der Waals surface area contributed by atoms with Gasteiger partial charge in [-0.15, -0.1) is 0 Å². The van der Waals surface area contributed by atoms with E-state index in [2.05, 4.69) is 5.32 Å². The monoisotopic (exact) mass is 548 g/mol. The Morgan fingerprint density at radius 3 is 2.03 bits per heavy atom. The molecule has 1 fully saturated rings. The first-order chi connectivity index (χ1) is 17.3. The second-order valence-electron chi connectivity index (χ2n) is 10.2. The highest BCUT2D eigenvalue weighted by molar-refractivity contribution is 5.95. The van der Waals surface area contributed by atoms with E-state index in [0.29, 0.717) is 23.3 Å². The number of hydrogen-bond donors (Lipinski definition) is 1. The zero-order chi connectivity index (χ0) is 28.6. The molecule has 1 aliphatic heterocycles. The van der Waals surface area contributed by atoms with Crippen molar-refractivity contribution in [3.63, 3.8) is 0 Å². The highest BCUT2D eigenvalue weighted by atomic mass is 19.4. The molecule has 1 unspecified atom stereocenters. The van der Waals surface area contributed by atoms with Gasteiger partial charge in [0.05, 0.1) is 11.1 Å². The van der Waals surface area contributed by atoms with Crippen LogP contribution < -0.4 is 5.32 Å². The van der Waals surface area contributed by atoms with E-state index in [1.54, 1.807) is 26.8 Å². The number of nitrogens with one attached hydrogen (secondary N) is 1. The molecular weight excluding hydrogens is 521 g/mol. The number of piperidine rings is 1. The number of hydrogen-bond acceptors (Lipinski definition) is 3. The lowest BCUT2D eigenvalue weighted by atomic mass is 9.85. The lowest BCUT2D eigenvalue weighted by Crippen LogP contribution is -2.52. The van der Waals surface area contributed by atoms with Crippen molar-refractivity contribution in [2.45, 2.75) is 64.0 Å². The molecule has 1 aliphatic rings. The molecule has 0 aliphatic carbocycles. The summed E-state index contributed by atoms with van der Waals surface area (Å²) in [6.45, 7) is 6.62. The van der Waals surface area contributed by atoms with Crippen molar-refractivity contribution in [3.8, 4) is 0 Å². The average Bonchev–Trinajstić information content (AvgIpc) is 2.78. The molecule has 208 valence electrons. The summed E-state index contributed by atoms with van der Waals surface area (Å²) < 4.78 is 99.4. The number of ether oxygens (including phenoxy) is 1. The lowest BCUT2D eigenvalue weighted by Gasteiger charge is -2.39. The van der Waals surface area contributed by atoms with Crippen molar-refractivity contribution in [1.29, 1.82) is 0 Å². The third-order valence-electron chi connectivity index (χ3n) is 6.05. The smallest absolute Gasteiger partial charge is 0.416 e. The number of alkyl halides is 6. The van der Waals surface area contributed by atoms with Crippen LogP contribution in [-0.2, 0) is 17.1 Å². The van der Waals surface area contributed by atoms with Gasteiger partial charge in [-0.1, -0.05) is 12.1 Å². The molecule has 2 aromatic rings. The molecule has 2 atom stereocenters. The Balaban J connectivity index is 1.94. The number of carbonyl (C=O) groups excluding carboxylic acids is 2. The van der Waals surface area contributed by atoms with Crippen LogP contribution in [0.5, 0.6) is 0 Å². The summed E-state index contributed by atoms with van der Waals surface area (Å²) in [7, 11) is 0. The van der Waals surface area contributed by atoms with Crippen molar-refractivity contribution in [2.75, 3.05) is 13.1 Å². The quantitative estimate of drug-likeness (QED) is 0.435. The van der Waals surface area contributed by atoms with Gasteiger partial charge < -0.3 is 15.0 Å². The Morgan fingerprint density at radius 1 is 0.947 bits per heavy atom. The molecule has 1 heterocycles. The average molecular weight is 548 g/mol. The maximum absolute atomic E-state index is 14.4. The van der Waals surface area contributed by atoms with Gasteiger partial charge in [-0.05, 0) is 69.5 Å². The third-order valence-corrected chi connectivity index (χ3v) is 6.05. The predicted molar refractivity (Wildman–Crippen MR) is 124 cm³/mol. The highest BCUT2D eigenvalue weighted by Crippen LogP contribution is 2.37. The summed E-state index contributed by atoms with van der Waals surface area (Å²) in [5, 5.41) is 2.51. The summed E-state index contributed by atoms with van der Waals surface area (Å²) >= 11 is 0. The summed E-state index contributed by atoms with van der Waals surface area (Å²) in [4.78, 5) is 27.0. The van der Waals surface area contributed by atoms with Gasteiger partial charge in [-0.3, -0.25) is 4.79 Å². The Hall–Kier alpha value is -3.31. The topological polar surface area (TPSA) is 58.6 Å². The fraction of sp³-hybridized carbons (Fsp3) is 0.462. The van der Waals surface area contributed by atoms with Crippen molar-refractivity contribution in [2.24, 2.45) is 0 Å². The van der Waals surface area contributed by atoms with Gasteiger partial charge in [-0.25, -0.2) is 9.18 Å². The maximum Gasteiger partial charge on any atom is 0.416 e. The first-order valence-corrected chi connectivity index (χ1v) is 11.7. The number of benzene rings is 2. The predicted octanol–water partition coefficient (Wildman–Crippen LogP) is 6.69. The van der Waals surface area contributed by atoms with Crippen molar-refractivity contribution >= 4 is 12.0 Å². The van der Waals surface area contributed by atoms with E-state index in [-0.39, 0.29) is 25.6 Å². The van der Waals surface area contributed by atoms with Gasteiger partial charge in [0.1, 0.15) is 11.4 Å². The van der Waals surface area contributed by atoms with Gasteiger partial charge >= 0.3 is 18.4 Å². The molecule has 0 bridgehead atoms. The van der Waals surface area contributed by atoms with Crippen LogP contribution in [-0.4, -0.2) is 41.6 Å². The van der Waals surface area contributed by atoms with Crippen LogP contribution in [0.3, 0.4) is 0 Å². The van der Waals surface area contributed by atoms with Gasteiger partial charge in [0.25, 0.3) is 5.91 Å². The zero-order valence-electron chi connectivity index (χ0n) is 21.1. The molecule has 2 aromatic carbocycles. The number of rotatable bonds is 3. The maximum atomic E-state index is 14.4. The molecule has 12 heteroatoms. The van der Waals surface area contributed by atoms with E-state index in [1.807, 2.05) is 0 Å². The molecule has 0 radical (unpaired) electrons. The van der Waals surface area contributed by atoms with Crippen LogP contribution in [0.4, 0.5) is 35.5 Å². The highest BCUT2D eigenvalue weighted by Gasteiger charge is 2.39. The van der Waals surface area contributed by atoms with E-state index in [0.717, 1.165) is 0 Å². The van der Waals surface area contributed by atoms with E-state index in [9.17, 15) is 40.3 Å². The summed E-state index contributed by atoms with van der Waals surface area (Å²) in [5.41, 5.74) is -4.11. The Kier molecular flexibility index (Phi) is 8.05. The molecule has 38 heavy (non-hydrogen) atoms. The molecule has 1 saturated heterocycles. The third kappa shape index (κ3) is 7.16. The Labute approximate surface area is 214 Å². The molecule has 3 rings (SSSR count). The zero-order valence-corrected chi connectivity index (χ0v) is 21.1. The molecule has 0 aromatic heterocycles. The first kappa shape index (κ1) is 29.2. The second kappa shape index (κ2) is 10.5. The summed E-state index contributed by atoms with van der Waals surface area (Å²) in [6, 6.07) is 4.12. The number of amides is 2. The van der Waals surface area contributed by atoms with Gasteiger partial charge in [0.15, 0.2) is 0 Å². The summed E-state index contributed by atoms with van der Waals surface area (Å²) in [5.74, 6) is -2.42. The number of halogens is 7. The second-order valence-corrected chi connectivity index (χ2v) is 10.2.